The number of aliphatic imine (C=N–C) groups is 1. The largest absolute Gasteiger partial charge is 0.493 e. The first-order valence-electron chi connectivity index (χ1n) is 6.18. The SMILES string of the molecule is CCOc1cccc2c1ccn2C1C=CNC(Cl)=N1. The number of halogens is 1. The summed E-state index contributed by atoms with van der Waals surface area (Å²) in [6.07, 6.45) is 5.64. The Morgan fingerprint density at radius 2 is 2.32 bits per heavy atom. The van der Waals surface area contributed by atoms with Crippen molar-refractivity contribution in [2.45, 2.75) is 13.1 Å². The fourth-order valence-corrected chi connectivity index (χ4v) is 2.39. The van der Waals surface area contributed by atoms with Gasteiger partial charge in [-0.15, -0.1) is 0 Å². The maximum Gasteiger partial charge on any atom is 0.197 e. The monoisotopic (exact) mass is 275 g/mol. The first-order chi connectivity index (χ1) is 9.29. The van der Waals surface area contributed by atoms with Gasteiger partial charge in [0.05, 0.1) is 12.1 Å². The van der Waals surface area contributed by atoms with E-state index in [1.54, 1.807) is 6.20 Å². The summed E-state index contributed by atoms with van der Waals surface area (Å²) in [7, 11) is 0. The number of nitrogens with one attached hydrogen (secondary N) is 1. The third-order valence-corrected chi connectivity index (χ3v) is 3.23. The molecule has 0 amide bonds. The van der Waals surface area contributed by atoms with Crippen LogP contribution in [0.3, 0.4) is 0 Å². The number of nitrogens with zero attached hydrogens (tertiary/aromatic N) is 2. The van der Waals surface area contributed by atoms with Crippen molar-refractivity contribution in [3.8, 4) is 5.75 Å². The van der Waals surface area contributed by atoms with Gasteiger partial charge in [-0.1, -0.05) is 6.07 Å². The second kappa shape index (κ2) is 4.97. The minimum atomic E-state index is -0.122. The molecule has 98 valence electrons. The lowest BCUT2D eigenvalue weighted by atomic mass is 10.2. The van der Waals surface area contributed by atoms with Crippen LogP contribution in [0.2, 0.25) is 0 Å². The van der Waals surface area contributed by atoms with E-state index in [9.17, 15) is 0 Å². The van der Waals surface area contributed by atoms with Crippen LogP contribution in [0.1, 0.15) is 13.1 Å². The summed E-state index contributed by atoms with van der Waals surface area (Å²) in [6, 6.07) is 8.06. The molecule has 5 heteroatoms. The fourth-order valence-electron chi connectivity index (χ4n) is 2.23. The summed E-state index contributed by atoms with van der Waals surface area (Å²) in [6.45, 7) is 2.64. The number of aromatic nitrogens is 1. The average molecular weight is 276 g/mol. The Balaban J connectivity index is 2.08. The molecule has 1 atom stereocenters. The standard InChI is InChI=1S/C14H14ClN3O/c1-2-19-12-5-3-4-11-10(12)7-9-18(11)13-6-8-16-14(15)17-13/h3-9,13H,2H2,1H3,(H,16,17). The smallest absolute Gasteiger partial charge is 0.197 e. The van der Waals surface area contributed by atoms with Gasteiger partial charge in [0.2, 0.25) is 0 Å². The van der Waals surface area contributed by atoms with Crippen molar-refractivity contribution < 1.29 is 4.74 Å². The Bertz CT molecular complexity index is 660. The van der Waals surface area contributed by atoms with Gasteiger partial charge in [-0.25, -0.2) is 4.99 Å². The van der Waals surface area contributed by atoms with Gasteiger partial charge in [-0.05, 0) is 42.8 Å². The highest BCUT2D eigenvalue weighted by molar-refractivity contribution is 6.64. The van der Waals surface area contributed by atoms with Crippen molar-refractivity contribution in [3.05, 3.63) is 42.7 Å². The Hall–Kier alpha value is -1.94. The molecule has 1 aromatic carbocycles. The molecule has 0 radical (unpaired) electrons. The quantitative estimate of drug-likeness (QED) is 0.874. The van der Waals surface area contributed by atoms with Gasteiger partial charge in [0, 0.05) is 17.8 Å². The minimum absolute atomic E-state index is 0.122. The van der Waals surface area contributed by atoms with Crippen LogP contribution in [0, 0.1) is 0 Å². The highest BCUT2D eigenvalue weighted by Crippen LogP contribution is 2.29. The maximum atomic E-state index is 5.91. The molecular formula is C14H14ClN3O. The van der Waals surface area contributed by atoms with Crippen LogP contribution in [0.25, 0.3) is 10.9 Å². The van der Waals surface area contributed by atoms with Crippen LogP contribution in [0.5, 0.6) is 5.75 Å². The van der Waals surface area contributed by atoms with Crippen molar-refractivity contribution in [2.24, 2.45) is 4.99 Å². The van der Waals surface area contributed by atoms with Crippen molar-refractivity contribution in [1.82, 2.24) is 9.88 Å². The van der Waals surface area contributed by atoms with Crippen LogP contribution in [-0.4, -0.2) is 16.5 Å². The van der Waals surface area contributed by atoms with Gasteiger partial charge in [0.1, 0.15) is 11.9 Å². The van der Waals surface area contributed by atoms with Crippen molar-refractivity contribution in [1.29, 1.82) is 0 Å². The van der Waals surface area contributed by atoms with Crippen LogP contribution in [-0.2, 0) is 0 Å². The molecule has 1 unspecified atom stereocenters. The summed E-state index contributed by atoms with van der Waals surface area (Å²) < 4.78 is 7.70. The van der Waals surface area contributed by atoms with Gasteiger partial charge in [-0.2, -0.15) is 0 Å². The van der Waals surface area contributed by atoms with Gasteiger partial charge in [0.15, 0.2) is 5.29 Å². The van der Waals surface area contributed by atoms with E-state index in [4.69, 9.17) is 16.3 Å². The molecule has 0 fully saturated rings. The molecule has 4 nitrogen and oxygen atoms in total. The lowest BCUT2D eigenvalue weighted by Gasteiger charge is -2.16. The molecule has 2 aromatic rings. The number of hydrogen-bond donors (Lipinski definition) is 1. The number of fused-ring (bicyclic) bond motifs is 1. The molecular weight excluding hydrogens is 262 g/mol. The molecule has 0 saturated carbocycles. The zero-order valence-electron chi connectivity index (χ0n) is 10.5. The third kappa shape index (κ3) is 2.19. The van der Waals surface area contributed by atoms with Gasteiger partial charge >= 0.3 is 0 Å². The molecule has 0 spiro atoms. The second-order valence-electron chi connectivity index (χ2n) is 4.18. The van der Waals surface area contributed by atoms with E-state index in [0.29, 0.717) is 11.9 Å². The van der Waals surface area contributed by atoms with Crippen LogP contribution >= 0.6 is 11.6 Å². The van der Waals surface area contributed by atoms with Gasteiger partial charge < -0.3 is 14.6 Å². The summed E-state index contributed by atoms with van der Waals surface area (Å²) in [4.78, 5) is 4.36. The predicted octanol–water partition coefficient (Wildman–Crippen LogP) is 3.25. The lowest BCUT2D eigenvalue weighted by molar-refractivity contribution is 0.344. The fraction of sp³-hybridized carbons (Fsp3) is 0.214. The highest BCUT2D eigenvalue weighted by Gasteiger charge is 2.14. The molecule has 0 saturated heterocycles. The van der Waals surface area contributed by atoms with Gasteiger partial charge in [0.25, 0.3) is 0 Å². The minimum Gasteiger partial charge on any atom is -0.493 e. The summed E-state index contributed by atoms with van der Waals surface area (Å²) >= 11 is 5.91. The Labute approximate surface area is 116 Å². The summed E-state index contributed by atoms with van der Waals surface area (Å²) in [5.41, 5.74) is 1.08. The molecule has 1 aliphatic heterocycles. The molecule has 1 aromatic heterocycles. The Morgan fingerprint density at radius 1 is 1.42 bits per heavy atom. The molecule has 3 rings (SSSR count). The summed E-state index contributed by atoms with van der Waals surface area (Å²) in [5, 5.41) is 4.33. The Kier molecular flexibility index (Phi) is 3.17. The molecule has 19 heavy (non-hydrogen) atoms. The van der Waals surface area contributed by atoms with Crippen molar-refractivity contribution >= 4 is 27.8 Å². The van der Waals surface area contributed by atoms with E-state index in [1.165, 1.54) is 0 Å². The zero-order valence-corrected chi connectivity index (χ0v) is 11.3. The first-order valence-corrected chi connectivity index (χ1v) is 6.56. The number of amidine groups is 1. The Morgan fingerprint density at radius 3 is 3.11 bits per heavy atom. The van der Waals surface area contributed by atoms with Crippen LogP contribution in [0.15, 0.2) is 47.7 Å². The maximum absolute atomic E-state index is 5.91. The topological polar surface area (TPSA) is 38.5 Å². The molecule has 1 aliphatic rings. The highest BCUT2D eigenvalue weighted by atomic mass is 35.5. The average Bonchev–Trinajstić information content (AvgIpc) is 2.84. The van der Waals surface area contributed by atoms with Crippen molar-refractivity contribution in [3.63, 3.8) is 0 Å². The predicted molar refractivity (Wildman–Crippen MR) is 77.7 cm³/mol. The number of hydrogen-bond acceptors (Lipinski definition) is 3. The van der Waals surface area contributed by atoms with E-state index >= 15 is 0 Å². The number of rotatable bonds is 3. The van der Waals surface area contributed by atoms with E-state index < -0.39 is 0 Å². The van der Waals surface area contributed by atoms with E-state index in [-0.39, 0.29) is 6.17 Å². The number of ether oxygens (including phenoxy) is 1. The molecule has 0 bridgehead atoms. The molecule has 1 N–H and O–H groups in total. The third-order valence-electron chi connectivity index (χ3n) is 3.02. The molecule has 0 aliphatic carbocycles. The van der Waals surface area contributed by atoms with E-state index in [0.717, 1.165) is 16.7 Å². The van der Waals surface area contributed by atoms with Gasteiger partial charge in [-0.3, -0.25) is 0 Å². The first kappa shape index (κ1) is 12.1. The number of benzene rings is 1. The second-order valence-corrected chi connectivity index (χ2v) is 4.54. The molecule has 2 heterocycles. The van der Waals surface area contributed by atoms with E-state index in [1.807, 2.05) is 37.4 Å². The lowest BCUT2D eigenvalue weighted by Crippen LogP contribution is -2.18. The summed E-state index contributed by atoms with van der Waals surface area (Å²) in [5.74, 6) is 0.895. The van der Waals surface area contributed by atoms with Crippen LogP contribution in [0.4, 0.5) is 0 Å². The van der Waals surface area contributed by atoms with Crippen molar-refractivity contribution in [2.75, 3.05) is 6.61 Å². The van der Waals surface area contributed by atoms with Crippen LogP contribution < -0.4 is 10.1 Å². The normalized spacial score (nSPS) is 18.2. The zero-order chi connectivity index (χ0) is 13.2. The van der Waals surface area contributed by atoms with E-state index in [2.05, 4.69) is 20.9 Å².